The van der Waals surface area contributed by atoms with E-state index in [1.54, 1.807) is 0 Å². The molecule has 1 saturated carbocycles. The molecule has 13 heavy (non-hydrogen) atoms. The van der Waals surface area contributed by atoms with Crippen molar-refractivity contribution in [3.8, 4) is 0 Å². The van der Waals surface area contributed by atoms with Gasteiger partial charge in [0.2, 0.25) is 6.39 Å². The van der Waals surface area contributed by atoms with Crippen molar-refractivity contribution in [3.63, 3.8) is 0 Å². The molecule has 2 unspecified atom stereocenters. The normalized spacial score (nSPS) is 29.2. The van der Waals surface area contributed by atoms with Gasteiger partial charge in [-0.25, -0.2) is 4.39 Å². The van der Waals surface area contributed by atoms with Gasteiger partial charge in [0.25, 0.3) is 0 Å². The van der Waals surface area contributed by atoms with Crippen LogP contribution in [-0.2, 0) is 0 Å². The van der Waals surface area contributed by atoms with Crippen molar-refractivity contribution in [2.45, 2.75) is 31.4 Å². The van der Waals surface area contributed by atoms with Crippen LogP contribution in [0, 0.1) is 0 Å². The molecule has 3 nitrogen and oxygen atoms in total. The maximum absolute atomic E-state index is 13.2. The predicted octanol–water partition coefficient (Wildman–Crippen LogP) is 2.23. The van der Waals surface area contributed by atoms with Gasteiger partial charge < -0.3 is 4.52 Å². The highest BCUT2D eigenvalue weighted by Crippen LogP contribution is 2.34. The minimum atomic E-state index is -0.905. The van der Waals surface area contributed by atoms with Gasteiger partial charge in [-0.2, -0.15) is 4.98 Å². The lowest BCUT2D eigenvalue weighted by atomic mass is 9.85. The molecule has 4 heteroatoms. The fourth-order valence-corrected chi connectivity index (χ4v) is 1.64. The van der Waals surface area contributed by atoms with Gasteiger partial charge >= 0.3 is 0 Å². The Morgan fingerprint density at radius 3 is 3.08 bits per heavy atom. The largest absolute Gasteiger partial charge is 0.343 e. The van der Waals surface area contributed by atoms with E-state index < -0.39 is 6.17 Å². The third kappa shape index (κ3) is 1.61. The Labute approximate surface area is 75.6 Å². The molecular weight excluding hydrogens is 171 g/mol. The second kappa shape index (κ2) is 3.28. The van der Waals surface area contributed by atoms with Crippen LogP contribution in [0.5, 0.6) is 0 Å². The third-order valence-corrected chi connectivity index (χ3v) is 2.49. The van der Waals surface area contributed by atoms with Crippen LogP contribution >= 0.6 is 0 Å². The van der Waals surface area contributed by atoms with E-state index in [1.807, 2.05) is 0 Å². The van der Waals surface area contributed by atoms with Gasteiger partial charge in [-0.1, -0.05) is 11.7 Å². The van der Waals surface area contributed by atoms with E-state index in [9.17, 15) is 4.39 Å². The van der Waals surface area contributed by atoms with Gasteiger partial charge in [0.1, 0.15) is 6.17 Å². The van der Waals surface area contributed by atoms with Crippen molar-refractivity contribution in [2.75, 3.05) is 0 Å². The van der Waals surface area contributed by atoms with Crippen molar-refractivity contribution in [1.29, 1.82) is 0 Å². The summed E-state index contributed by atoms with van der Waals surface area (Å²) in [6.07, 6.45) is 2.42. The molecule has 2 rings (SSSR count). The van der Waals surface area contributed by atoms with E-state index in [2.05, 4.69) is 21.2 Å². The van der Waals surface area contributed by atoms with Crippen LogP contribution in [-0.4, -0.2) is 16.3 Å². The Balaban J connectivity index is 2.07. The highest BCUT2D eigenvalue weighted by atomic mass is 19.1. The molecule has 0 spiro atoms. The first-order chi connectivity index (χ1) is 6.27. The van der Waals surface area contributed by atoms with Crippen LogP contribution in [0.15, 0.2) is 23.1 Å². The lowest BCUT2D eigenvalue weighted by molar-refractivity contribution is 0.286. The molecule has 1 aliphatic carbocycles. The van der Waals surface area contributed by atoms with E-state index in [1.165, 1.54) is 6.39 Å². The van der Waals surface area contributed by atoms with Crippen molar-refractivity contribution in [2.24, 2.45) is 0 Å². The van der Waals surface area contributed by atoms with Crippen LogP contribution in [0.4, 0.5) is 4.39 Å². The third-order valence-electron chi connectivity index (χ3n) is 2.49. The summed E-state index contributed by atoms with van der Waals surface area (Å²) in [5.41, 5.74) is 0.694. The first kappa shape index (κ1) is 8.41. The minimum absolute atomic E-state index is 0.0965. The summed E-state index contributed by atoms with van der Waals surface area (Å²) in [4.78, 5) is 3.93. The highest BCUT2D eigenvalue weighted by molar-refractivity contribution is 5.11. The number of nitrogens with zero attached hydrogens (tertiary/aromatic N) is 2. The molecule has 70 valence electrons. The zero-order chi connectivity index (χ0) is 9.26. The molecule has 0 aromatic carbocycles. The zero-order valence-electron chi connectivity index (χ0n) is 7.24. The van der Waals surface area contributed by atoms with Crippen LogP contribution in [0.2, 0.25) is 0 Å². The summed E-state index contributed by atoms with van der Waals surface area (Å²) in [6, 6.07) is 0. The minimum Gasteiger partial charge on any atom is -0.343 e. The van der Waals surface area contributed by atoms with E-state index in [0.717, 1.165) is 12.8 Å². The molecular formula is C9H11FN2O. The van der Waals surface area contributed by atoms with Crippen LogP contribution in [0.3, 0.4) is 0 Å². The fraction of sp³-hybridized carbons (Fsp3) is 0.556. The van der Waals surface area contributed by atoms with Gasteiger partial charge in [0.05, 0.1) is 0 Å². The van der Waals surface area contributed by atoms with Crippen molar-refractivity contribution in [3.05, 3.63) is 24.4 Å². The molecule has 0 amide bonds. The smallest absolute Gasteiger partial charge is 0.213 e. The number of aromatic nitrogens is 2. The monoisotopic (exact) mass is 182 g/mol. The molecule has 0 saturated heterocycles. The lowest BCUT2D eigenvalue weighted by Gasteiger charge is -2.23. The van der Waals surface area contributed by atoms with E-state index in [0.29, 0.717) is 17.8 Å². The van der Waals surface area contributed by atoms with Crippen LogP contribution in [0.1, 0.15) is 31.0 Å². The number of alkyl halides is 1. The van der Waals surface area contributed by atoms with Crippen LogP contribution < -0.4 is 0 Å². The van der Waals surface area contributed by atoms with E-state index in [4.69, 9.17) is 0 Å². The standard InChI is InChI=1S/C9H11FN2O/c1-6-2-3-7(4-8(6)10)9-11-5-13-12-9/h5,7-8H,1-4H2. The average Bonchev–Trinajstić information content (AvgIpc) is 2.62. The first-order valence-electron chi connectivity index (χ1n) is 4.35. The quantitative estimate of drug-likeness (QED) is 0.625. The second-order valence-corrected chi connectivity index (χ2v) is 3.39. The Kier molecular flexibility index (Phi) is 2.12. The first-order valence-corrected chi connectivity index (χ1v) is 4.35. The molecule has 0 aliphatic heterocycles. The average molecular weight is 182 g/mol. The summed E-state index contributed by atoms with van der Waals surface area (Å²) in [5.74, 6) is 0.717. The van der Waals surface area contributed by atoms with Crippen LogP contribution in [0.25, 0.3) is 0 Å². The van der Waals surface area contributed by atoms with Crippen molar-refractivity contribution < 1.29 is 8.91 Å². The van der Waals surface area contributed by atoms with Gasteiger partial charge in [0.15, 0.2) is 5.82 Å². The number of hydrogen-bond donors (Lipinski definition) is 0. The van der Waals surface area contributed by atoms with Gasteiger partial charge in [-0.05, 0) is 24.8 Å². The maximum atomic E-state index is 13.2. The lowest BCUT2D eigenvalue weighted by Crippen LogP contribution is -2.17. The number of hydrogen-bond acceptors (Lipinski definition) is 3. The molecule has 2 atom stereocenters. The van der Waals surface area contributed by atoms with E-state index >= 15 is 0 Å². The zero-order valence-corrected chi connectivity index (χ0v) is 7.24. The molecule has 1 aliphatic rings. The summed E-state index contributed by atoms with van der Waals surface area (Å²) in [6.45, 7) is 3.67. The molecule has 1 fully saturated rings. The molecule has 1 aromatic heterocycles. The summed E-state index contributed by atoms with van der Waals surface area (Å²) in [7, 11) is 0. The molecule has 1 aromatic rings. The topological polar surface area (TPSA) is 38.9 Å². The fourth-order valence-electron chi connectivity index (χ4n) is 1.64. The number of allylic oxidation sites excluding steroid dienone is 1. The Hall–Kier alpha value is -1.19. The highest BCUT2D eigenvalue weighted by Gasteiger charge is 2.27. The number of halogens is 1. The maximum Gasteiger partial charge on any atom is 0.213 e. The Bertz CT molecular complexity index is 297. The van der Waals surface area contributed by atoms with Crippen molar-refractivity contribution >= 4 is 0 Å². The van der Waals surface area contributed by atoms with Gasteiger partial charge in [-0.15, -0.1) is 0 Å². The van der Waals surface area contributed by atoms with Gasteiger partial charge in [-0.3, -0.25) is 0 Å². The van der Waals surface area contributed by atoms with Gasteiger partial charge in [0, 0.05) is 5.92 Å². The van der Waals surface area contributed by atoms with E-state index in [-0.39, 0.29) is 5.92 Å². The second-order valence-electron chi connectivity index (χ2n) is 3.39. The molecule has 1 heterocycles. The Morgan fingerprint density at radius 2 is 2.46 bits per heavy atom. The molecule has 0 radical (unpaired) electrons. The predicted molar refractivity (Wildman–Crippen MR) is 44.9 cm³/mol. The number of rotatable bonds is 1. The van der Waals surface area contributed by atoms with Crippen molar-refractivity contribution in [1.82, 2.24) is 10.1 Å². The molecule has 0 bridgehead atoms. The molecule has 0 N–H and O–H groups in total. The summed E-state index contributed by atoms with van der Waals surface area (Å²) in [5, 5.41) is 3.72. The summed E-state index contributed by atoms with van der Waals surface area (Å²) < 4.78 is 17.9. The summed E-state index contributed by atoms with van der Waals surface area (Å²) >= 11 is 0. The SMILES string of the molecule is C=C1CCC(c2ncon2)CC1F. The Morgan fingerprint density at radius 1 is 1.62 bits per heavy atom.